The SMILES string of the molecule is COc1ccc(C(CNc2oc(COc3ccc(Cl)cc3)nc2C#N)N(C)C)cc1. The average molecular weight is 427 g/mol. The highest BCUT2D eigenvalue weighted by molar-refractivity contribution is 6.30. The Morgan fingerprint density at radius 3 is 2.40 bits per heavy atom. The van der Waals surface area contributed by atoms with Crippen LogP contribution >= 0.6 is 11.6 Å². The van der Waals surface area contributed by atoms with Crippen LogP contribution in [0.3, 0.4) is 0 Å². The summed E-state index contributed by atoms with van der Waals surface area (Å²) in [5, 5.41) is 13.2. The molecule has 8 heteroatoms. The number of oxazole rings is 1. The van der Waals surface area contributed by atoms with Crippen LogP contribution in [0.15, 0.2) is 52.9 Å². The molecular formula is C22H23ClN4O3. The summed E-state index contributed by atoms with van der Waals surface area (Å²) < 4.78 is 16.6. The zero-order chi connectivity index (χ0) is 21.5. The van der Waals surface area contributed by atoms with Gasteiger partial charge in [-0.25, -0.2) is 0 Å². The fourth-order valence-electron chi connectivity index (χ4n) is 2.91. The summed E-state index contributed by atoms with van der Waals surface area (Å²) in [6.07, 6.45) is 0. The minimum atomic E-state index is 0.0568. The predicted molar refractivity (Wildman–Crippen MR) is 115 cm³/mol. The standard InChI is InChI=1S/C22H23ClN4O3/c1-27(2)20(15-4-8-17(28-3)9-5-15)13-25-22-19(12-24)26-21(30-22)14-29-18-10-6-16(23)7-11-18/h4-11,20,25H,13-14H2,1-3H3. The molecule has 0 radical (unpaired) electrons. The van der Waals surface area contributed by atoms with Crippen molar-refractivity contribution in [1.82, 2.24) is 9.88 Å². The van der Waals surface area contributed by atoms with Crippen molar-refractivity contribution in [1.29, 1.82) is 5.26 Å². The second kappa shape index (κ2) is 10.0. The topological polar surface area (TPSA) is 83.5 Å². The van der Waals surface area contributed by atoms with E-state index in [1.807, 2.05) is 38.4 Å². The summed E-state index contributed by atoms with van der Waals surface area (Å²) in [7, 11) is 5.63. The lowest BCUT2D eigenvalue weighted by Crippen LogP contribution is -2.26. The summed E-state index contributed by atoms with van der Waals surface area (Å²) in [4.78, 5) is 6.29. The number of nitrogens with zero attached hydrogens (tertiary/aromatic N) is 3. The Morgan fingerprint density at radius 1 is 1.13 bits per heavy atom. The maximum Gasteiger partial charge on any atom is 0.236 e. The van der Waals surface area contributed by atoms with Crippen LogP contribution in [0.1, 0.15) is 23.2 Å². The Bertz CT molecular complexity index is 995. The minimum absolute atomic E-state index is 0.0568. The normalized spacial score (nSPS) is 11.7. The second-order valence-electron chi connectivity index (χ2n) is 6.77. The summed E-state index contributed by atoms with van der Waals surface area (Å²) >= 11 is 5.87. The molecule has 0 amide bonds. The fourth-order valence-corrected chi connectivity index (χ4v) is 3.04. The van der Waals surface area contributed by atoms with Gasteiger partial charge in [0.05, 0.1) is 13.2 Å². The van der Waals surface area contributed by atoms with Crippen molar-refractivity contribution in [3.05, 3.63) is 70.7 Å². The molecule has 0 spiro atoms. The Balaban J connectivity index is 1.67. The van der Waals surface area contributed by atoms with Crippen LogP contribution in [0, 0.1) is 11.3 Å². The Hall–Kier alpha value is -3.21. The molecule has 1 heterocycles. The molecule has 7 nitrogen and oxygen atoms in total. The van der Waals surface area contributed by atoms with Gasteiger partial charge >= 0.3 is 0 Å². The molecule has 30 heavy (non-hydrogen) atoms. The summed E-state index contributed by atoms with van der Waals surface area (Å²) in [6, 6.07) is 17.0. The van der Waals surface area contributed by atoms with Crippen molar-refractivity contribution in [2.75, 3.05) is 33.1 Å². The molecule has 2 aromatic carbocycles. The Morgan fingerprint density at radius 2 is 1.80 bits per heavy atom. The highest BCUT2D eigenvalue weighted by Gasteiger charge is 2.18. The average Bonchev–Trinajstić information content (AvgIpc) is 3.16. The summed E-state index contributed by atoms with van der Waals surface area (Å²) in [6.45, 7) is 0.633. The lowest BCUT2D eigenvalue weighted by Gasteiger charge is -2.25. The van der Waals surface area contributed by atoms with E-state index in [-0.39, 0.29) is 18.3 Å². The van der Waals surface area contributed by atoms with E-state index in [0.29, 0.717) is 29.1 Å². The molecule has 1 unspecified atom stereocenters. The molecule has 1 atom stereocenters. The molecule has 1 aromatic heterocycles. The molecule has 3 aromatic rings. The zero-order valence-electron chi connectivity index (χ0n) is 17.1. The molecule has 0 aliphatic heterocycles. The molecule has 0 fully saturated rings. The van der Waals surface area contributed by atoms with Gasteiger partial charge in [0, 0.05) is 11.6 Å². The van der Waals surface area contributed by atoms with Crippen LogP contribution in [-0.4, -0.2) is 37.6 Å². The number of nitriles is 1. The number of halogens is 1. The van der Waals surface area contributed by atoms with E-state index in [4.69, 9.17) is 25.5 Å². The summed E-state index contributed by atoms with van der Waals surface area (Å²) in [5.74, 6) is 2.08. The van der Waals surface area contributed by atoms with E-state index in [9.17, 15) is 5.26 Å². The lowest BCUT2D eigenvalue weighted by molar-refractivity contribution is 0.264. The van der Waals surface area contributed by atoms with Crippen LogP contribution in [0.25, 0.3) is 0 Å². The molecule has 0 saturated carbocycles. The molecule has 3 rings (SSSR count). The third-order valence-electron chi connectivity index (χ3n) is 4.53. The Labute approximate surface area is 180 Å². The van der Waals surface area contributed by atoms with E-state index in [1.54, 1.807) is 31.4 Å². The largest absolute Gasteiger partial charge is 0.497 e. The second-order valence-corrected chi connectivity index (χ2v) is 7.21. The fraction of sp³-hybridized carbons (Fsp3) is 0.273. The number of nitrogens with one attached hydrogen (secondary N) is 1. The number of methoxy groups -OCH3 is 1. The molecule has 0 saturated heterocycles. The van der Waals surface area contributed by atoms with Gasteiger partial charge in [-0.15, -0.1) is 0 Å². The van der Waals surface area contributed by atoms with Gasteiger partial charge in [-0.3, -0.25) is 0 Å². The number of hydrogen-bond donors (Lipinski definition) is 1. The molecule has 0 bridgehead atoms. The van der Waals surface area contributed by atoms with Crippen molar-refractivity contribution in [3.63, 3.8) is 0 Å². The smallest absolute Gasteiger partial charge is 0.236 e. The van der Waals surface area contributed by atoms with Crippen molar-refractivity contribution in [2.24, 2.45) is 0 Å². The number of anilines is 1. The van der Waals surface area contributed by atoms with Crippen molar-refractivity contribution >= 4 is 17.5 Å². The number of ether oxygens (including phenoxy) is 2. The van der Waals surface area contributed by atoms with Crippen LogP contribution in [0.4, 0.5) is 5.88 Å². The van der Waals surface area contributed by atoms with E-state index >= 15 is 0 Å². The van der Waals surface area contributed by atoms with Gasteiger partial charge in [-0.2, -0.15) is 10.2 Å². The number of rotatable bonds is 9. The van der Waals surface area contributed by atoms with E-state index in [2.05, 4.69) is 21.3 Å². The zero-order valence-corrected chi connectivity index (χ0v) is 17.8. The van der Waals surface area contributed by atoms with E-state index < -0.39 is 0 Å². The number of hydrogen-bond acceptors (Lipinski definition) is 7. The highest BCUT2D eigenvalue weighted by Crippen LogP contribution is 2.24. The molecule has 156 valence electrons. The van der Waals surface area contributed by atoms with Gasteiger partial charge in [-0.1, -0.05) is 23.7 Å². The molecule has 0 aliphatic rings. The predicted octanol–water partition coefficient (Wildman–Crippen LogP) is 4.50. The van der Waals surface area contributed by atoms with Crippen molar-refractivity contribution in [3.8, 4) is 17.6 Å². The van der Waals surface area contributed by atoms with E-state index in [1.165, 1.54) is 0 Å². The van der Waals surface area contributed by atoms with Crippen LogP contribution in [0.2, 0.25) is 5.02 Å². The van der Waals surface area contributed by atoms with Gasteiger partial charge in [0.2, 0.25) is 17.5 Å². The van der Waals surface area contributed by atoms with Crippen LogP contribution in [-0.2, 0) is 6.61 Å². The van der Waals surface area contributed by atoms with Gasteiger partial charge in [0.15, 0.2) is 6.61 Å². The first-order valence-corrected chi connectivity index (χ1v) is 9.70. The first-order chi connectivity index (χ1) is 14.5. The van der Waals surface area contributed by atoms with Crippen LogP contribution < -0.4 is 14.8 Å². The lowest BCUT2D eigenvalue weighted by atomic mass is 10.1. The first kappa shape index (κ1) is 21.5. The quantitative estimate of drug-likeness (QED) is 0.539. The maximum atomic E-state index is 9.40. The van der Waals surface area contributed by atoms with Gasteiger partial charge in [0.25, 0.3) is 0 Å². The summed E-state index contributed by atoms with van der Waals surface area (Å²) in [5.41, 5.74) is 1.30. The number of aromatic nitrogens is 1. The maximum absolute atomic E-state index is 9.40. The Kier molecular flexibility index (Phi) is 7.17. The first-order valence-electron chi connectivity index (χ1n) is 9.32. The number of likely N-dealkylation sites (N-methyl/N-ethyl adjacent to an activating group) is 1. The monoisotopic (exact) mass is 426 g/mol. The van der Waals surface area contributed by atoms with Gasteiger partial charge < -0.3 is 24.1 Å². The van der Waals surface area contributed by atoms with Crippen LogP contribution in [0.5, 0.6) is 11.5 Å². The van der Waals surface area contributed by atoms with E-state index in [0.717, 1.165) is 11.3 Å². The minimum Gasteiger partial charge on any atom is -0.497 e. The van der Waals surface area contributed by atoms with Gasteiger partial charge in [0.1, 0.15) is 17.6 Å². The van der Waals surface area contributed by atoms with Crippen molar-refractivity contribution in [2.45, 2.75) is 12.6 Å². The third kappa shape index (κ3) is 5.44. The molecular weight excluding hydrogens is 404 g/mol. The molecule has 1 N–H and O–H groups in total. The highest BCUT2D eigenvalue weighted by atomic mass is 35.5. The molecule has 0 aliphatic carbocycles. The van der Waals surface area contributed by atoms with Crippen molar-refractivity contribution < 1.29 is 13.9 Å². The number of benzene rings is 2. The third-order valence-corrected chi connectivity index (χ3v) is 4.79. The van der Waals surface area contributed by atoms with Gasteiger partial charge in [-0.05, 0) is 56.1 Å².